The van der Waals surface area contributed by atoms with Gasteiger partial charge in [0.1, 0.15) is 5.69 Å². The van der Waals surface area contributed by atoms with Crippen LogP contribution in [0.1, 0.15) is 22.6 Å². The van der Waals surface area contributed by atoms with Gasteiger partial charge in [0.05, 0.1) is 17.2 Å². The normalized spacial score (nSPS) is 23.9. The van der Waals surface area contributed by atoms with Crippen molar-refractivity contribution in [1.29, 1.82) is 0 Å². The molecule has 1 amide bonds. The Kier molecular flexibility index (Phi) is 4.27. The van der Waals surface area contributed by atoms with Crippen LogP contribution in [-0.2, 0) is 4.74 Å². The van der Waals surface area contributed by atoms with Gasteiger partial charge in [-0.15, -0.1) is 0 Å². The number of halogens is 1. The fourth-order valence-electron chi connectivity index (χ4n) is 2.14. The average Bonchev–Trinajstić information content (AvgIpc) is 2.70. The van der Waals surface area contributed by atoms with Gasteiger partial charge in [-0.25, -0.2) is 0 Å². The quantitative estimate of drug-likeness (QED) is 0.771. The number of hydrogen-bond acceptors (Lipinski definition) is 3. The summed E-state index contributed by atoms with van der Waals surface area (Å²) in [5, 5.41) is 6.80. The minimum Gasteiger partial charge on any atom is -0.378 e. The first-order valence-electron chi connectivity index (χ1n) is 6.01. The maximum atomic E-state index is 12.1. The summed E-state index contributed by atoms with van der Waals surface area (Å²) >= 11 is 5.93. The van der Waals surface area contributed by atoms with Gasteiger partial charge in [-0.05, 0) is 26.0 Å². The van der Waals surface area contributed by atoms with Crippen molar-refractivity contribution >= 4 is 17.5 Å². The maximum absolute atomic E-state index is 12.1. The van der Waals surface area contributed by atoms with Gasteiger partial charge in [-0.1, -0.05) is 11.6 Å². The smallest absolute Gasteiger partial charge is 0.268 e. The van der Waals surface area contributed by atoms with Crippen LogP contribution in [0, 0.1) is 6.92 Å². The molecule has 100 valence electrons. The summed E-state index contributed by atoms with van der Waals surface area (Å²) in [6, 6.07) is 1.68. The third-order valence-electron chi connectivity index (χ3n) is 3.24. The van der Waals surface area contributed by atoms with Crippen molar-refractivity contribution in [3.63, 3.8) is 0 Å². The summed E-state index contributed by atoms with van der Waals surface area (Å²) < 4.78 is 5.36. The lowest BCUT2D eigenvalue weighted by Gasteiger charge is -2.31. The number of aromatic amines is 1. The first-order valence-corrected chi connectivity index (χ1v) is 6.39. The summed E-state index contributed by atoms with van der Waals surface area (Å²) in [5.41, 5.74) is 1.29. The van der Waals surface area contributed by atoms with Crippen LogP contribution in [0.15, 0.2) is 6.07 Å². The average molecular weight is 272 g/mol. The third-order valence-corrected chi connectivity index (χ3v) is 3.63. The summed E-state index contributed by atoms with van der Waals surface area (Å²) in [4.78, 5) is 15.0. The van der Waals surface area contributed by atoms with Gasteiger partial charge in [-0.2, -0.15) is 0 Å². The second-order valence-electron chi connectivity index (χ2n) is 4.50. The van der Waals surface area contributed by atoms with Crippen LogP contribution in [0.25, 0.3) is 0 Å². The molecule has 0 unspecified atom stereocenters. The van der Waals surface area contributed by atoms with E-state index >= 15 is 0 Å². The molecule has 1 aliphatic heterocycles. The molecule has 6 heteroatoms. The Morgan fingerprint density at radius 1 is 1.61 bits per heavy atom. The van der Waals surface area contributed by atoms with Crippen molar-refractivity contribution in [3.8, 4) is 0 Å². The standard InChI is InChI=1S/C12H18ClN3O2/c1-7-8(13)5-10(15-7)12(17)16-9-3-4-14-6-11(9)18-2/h5,9,11,14-15H,3-4,6H2,1-2H3,(H,16,17)/t9-,11+/m0/s1. The number of rotatable bonds is 3. The highest BCUT2D eigenvalue weighted by Crippen LogP contribution is 2.16. The molecule has 0 spiro atoms. The number of H-pyrrole nitrogens is 1. The Hall–Kier alpha value is -1.04. The molecule has 5 nitrogen and oxygen atoms in total. The van der Waals surface area contributed by atoms with Crippen molar-refractivity contribution in [2.45, 2.75) is 25.5 Å². The zero-order valence-electron chi connectivity index (χ0n) is 10.5. The van der Waals surface area contributed by atoms with Gasteiger partial charge in [0.15, 0.2) is 0 Å². The number of hydrogen-bond donors (Lipinski definition) is 3. The van der Waals surface area contributed by atoms with Gasteiger partial charge in [-0.3, -0.25) is 4.79 Å². The van der Waals surface area contributed by atoms with Gasteiger partial charge in [0.2, 0.25) is 0 Å². The topological polar surface area (TPSA) is 66.2 Å². The molecule has 0 aliphatic carbocycles. The second-order valence-corrected chi connectivity index (χ2v) is 4.91. The van der Waals surface area contributed by atoms with Crippen molar-refractivity contribution in [3.05, 3.63) is 22.5 Å². The first kappa shape index (κ1) is 13.4. The summed E-state index contributed by atoms with van der Waals surface area (Å²) in [5.74, 6) is -0.140. The lowest BCUT2D eigenvalue weighted by molar-refractivity contribution is 0.0475. The molecule has 2 atom stereocenters. The van der Waals surface area contributed by atoms with Gasteiger partial charge in [0, 0.05) is 19.3 Å². The highest BCUT2D eigenvalue weighted by molar-refractivity contribution is 6.31. The van der Waals surface area contributed by atoms with E-state index in [2.05, 4.69) is 15.6 Å². The van der Waals surface area contributed by atoms with E-state index in [1.54, 1.807) is 13.2 Å². The zero-order chi connectivity index (χ0) is 13.1. The zero-order valence-corrected chi connectivity index (χ0v) is 11.3. The lowest BCUT2D eigenvalue weighted by Crippen LogP contribution is -2.53. The molecule has 0 radical (unpaired) electrons. The number of piperidine rings is 1. The number of methoxy groups -OCH3 is 1. The first-order chi connectivity index (χ1) is 8.61. The highest BCUT2D eigenvalue weighted by atomic mass is 35.5. The summed E-state index contributed by atoms with van der Waals surface area (Å²) in [6.45, 7) is 3.48. The van der Waals surface area contributed by atoms with Crippen molar-refractivity contribution in [1.82, 2.24) is 15.6 Å². The number of aryl methyl sites for hydroxylation is 1. The van der Waals surface area contributed by atoms with E-state index in [4.69, 9.17) is 16.3 Å². The van der Waals surface area contributed by atoms with Crippen LogP contribution >= 0.6 is 11.6 Å². The Bertz CT molecular complexity index is 413. The van der Waals surface area contributed by atoms with Gasteiger partial charge >= 0.3 is 0 Å². The number of amides is 1. The van der Waals surface area contributed by atoms with E-state index in [1.165, 1.54) is 0 Å². The molecule has 0 bridgehead atoms. The lowest BCUT2D eigenvalue weighted by atomic mass is 10.0. The van der Waals surface area contributed by atoms with Gasteiger partial charge < -0.3 is 20.4 Å². The molecule has 1 aromatic rings. The molecule has 0 saturated carbocycles. The van der Waals surface area contributed by atoms with E-state index in [-0.39, 0.29) is 18.1 Å². The second kappa shape index (κ2) is 5.73. The molecular formula is C12H18ClN3O2. The van der Waals surface area contributed by atoms with Crippen LogP contribution in [0.2, 0.25) is 5.02 Å². The predicted molar refractivity (Wildman–Crippen MR) is 70.1 cm³/mol. The van der Waals surface area contributed by atoms with E-state index in [0.29, 0.717) is 10.7 Å². The Morgan fingerprint density at radius 2 is 2.39 bits per heavy atom. The fraction of sp³-hybridized carbons (Fsp3) is 0.583. The fourth-order valence-corrected chi connectivity index (χ4v) is 2.30. The molecule has 1 aliphatic rings. The molecule has 2 heterocycles. The largest absolute Gasteiger partial charge is 0.378 e. The molecule has 1 aromatic heterocycles. The third kappa shape index (κ3) is 2.85. The van der Waals surface area contributed by atoms with Crippen molar-refractivity contribution in [2.24, 2.45) is 0 Å². The molecule has 0 aromatic carbocycles. The number of nitrogens with one attached hydrogen (secondary N) is 3. The van der Waals surface area contributed by atoms with Crippen LogP contribution in [0.3, 0.4) is 0 Å². The van der Waals surface area contributed by atoms with E-state index in [0.717, 1.165) is 25.2 Å². The number of carbonyl (C=O) groups is 1. The van der Waals surface area contributed by atoms with Crippen LogP contribution < -0.4 is 10.6 Å². The molecular weight excluding hydrogens is 254 g/mol. The Morgan fingerprint density at radius 3 is 3.00 bits per heavy atom. The maximum Gasteiger partial charge on any atom is 0.268 e. The Labute approximate surface area is 111 Å². The predicted octanol–water partition coefficient (Wildman–Crippen LogP) is 1.08. The molecule has 3 N–H and O–H groups in total. The Balaban J connectivity index is 2.01. The molecule has 18 heavy (non-hydrogen) atoms. The number of carbonyl (C=O) groups excluding carboxylic acids is 1. The summed E-state index contributed by atoms with van der Waals surface area (Å²) in [7, 11) is 1.66. The van der Waals surface area contributed by atoms with Crippen LogP contribution in [-0.4, -0.2) is 43.2 Å². The monoisotopic (exact) mass is 271 g/mol. The minimum absolute atomic E-state index is 0.00855. The number of aromatic nitrogens is 1. The molecule has 1 saturated heterocycles. The van der Waals surface area contributed by atoms with E-state index in [9.17, 15) is 4.79 Å². The van der Waals surface area contributed by atoms with E-state index < -0.39 is 0 Å². The summed E-state index contributed by atoms with van der Waals surface area (Å²) in [6.07, 6.45) is 0.867. The van der Waals surface area contributed by atoms with Crippen molar-refractivity contribution in [2.75, 3.05) is 20.2 Å². The molecule has 1 fully saturated rings. The SMILES string of the molecule is CO[C@@H]1CNCC[C@@H]1NC(=O)c1cc(Cl)c(C)[nH]1. The minimum atomic E-state index is -0.140. The van der Waals surface area contributed by atoms with Crippen LogP contribution in [0.4, 0.5) is 0 Å². The van der Waals surface area contributed by atoms with E-state index in [1.807, 2.05) is 6.92 Å². The van der Waals surface area contributed by atoms with Gasteiger partial charge in [0.25, 0.3) is 5.91 Å². The highest BCUT2D eigenvalue weighted by Gasteiger charge is 2.26. The number of ether oxygens (including phenoxy) is 1. The van der Waals surface area contributed by atoms with Crippen molar-refractivity contribution < 1.29 is 9.53 Å². The van der Waals surface area contributed by atoms with Crippen LogP contribution in [0.5, 0.6) is 0 Å². The molecule has 2 rings (SSSR count).